The van der Waals surface area contributed by atoms with Crippen molar-refractivity contribution < 1.29 is 9.53 Å². The zero-order chi connectivity index (χ0) is 32.2. The molecule has 5 nitrogen and oxygen atoms in total. The summed E-state index contributed by atoms with van der Waals surface area (Å²) >= 11 is 12.8. The highest BCUT2D eigenvalue weighted by molar-refractivity contribution is 6.30. The van der Waals surface area contributed by atoms with Crippen molar-refractivity contribution in [1.82, 2.24) is 14.7 Å². The van der Waals surface area contributed by atoms with Gasteiger partial charge in [0.15, 0.2) is 0 Å². The number of ether oxygens (including phenoxy) is 1. The zero-order valence-electron chi connectivity index (χ0n) is 27.7. The van der Waals surface area contributed by atoms with E-state index in [2.05, 4.69) is 94.8 Å². The van der Waals surface area contributed by atoms with Gasteiger partial charge >= 0.3 is 6.03 Å². The average molecular weight is 639 g/mol. The fourth-order valence-electron chi connectivity index (χ4n) is 6.30. The minimum absolute atomic E-state index is 0.0274. The number of amides is 2. The van der Waals surface area contributed by atoms with Gasteiger partial charge in [0.2, 0.25) is 0 Å². The van der Waals surface area contributed by atoms with Crippen LogP contribution in [0.2, 0.25) is 10.0 Å². The van der Waals surface area contributed by atoms with Crippen molar-refractivity contribution in [2.24, 2.45) is 0 Å². The first-order valence-electron chi connectivity index (χ1n) is 15.8. The lowest BCUT2D eigenvalue weighted by Crippen LogP contribution is -2.58. The first-order chi connectivity index (χ1) is 20.7. The van der Waals surface area contributed by atoms with Crippen molar-refractivity contribution >= 4 is 29.2 Å². The van der Waals surface area contributed by atoms with Crippen LogP contribution in [0.3, 0.4) is 0 Å². The normalized spacial score (nSPS) is 17.1. The lowest BCUT2D eigenvalue weighted by Gasteiger charge is -2.48. The van der Waals surface area contributed by atoms with Crippen molar-refractivity contribution in [3.8, 4) is 5.75 Å². The van der Waals surface area contributed by atoms with E-state index < -0.39 is 5.41 Å². The molecule has 0 N–H and O–H groups in total. The average Bonchev–Trinajstić information content (AvgIpc) is 2.97. The quantitative estimate of drug-likeness (QED) is 0.235. The topological polar surface area (TPSA) is 36.0 Å². The highest BCUT2D eigenvalue weighted by Crippen LogP contribution is 2.42. The molecule has 2 unspecified atom stereocenters. The molecule has 7 heteroatoms. The van der Waals surface area contributed by atoms with Crippen molar-refractivity contribution in [2.75, 3.05) is 39.8 Å². The number of hydrogen-bond donors (Lipinski definition) is 0. The summed E-state index contributed by atoms with van der Waals surface area (Å²) in [5.41, 5.74) is 3.95. The molecule has 0 aromatic heterocycles. The molecule has 3 aromatic carbocycles. The lowest BCUT2D eigenvalue weighted by atomic mass is 9.71. The summed E-state index contributed by atoms with van der Waals surface area (Å²) in [6, 6.07) is 22.2. The standard InChI is InChI=1S/C37H49Cl2N3O2/c1-9-44-34-24-30(36(4,5)6)15-18-33(34)26(2)42(35(43)41-21-19-40(8)20-22-41)27(3)37(7,29-13-16-31(38)17-14-29)25-28-11-10-12-32(39)23-28/h10-18,23-24,26-27H,9,19-22,25H2,1-8H3/t26?,27?,37-/m0/s1. The molecule has 0 spiro atoms. The van der Waals surface area contributed by atoms with E-state index in [1.807, 2.05) is 42.2 Å². The highest BCUT2D eigenvalue weighted by Gasteiger charge is 2.43. The molecule has 2 amide bonds. The molecule has 238 valence electrons. The van der Waals surface area contributed by atoms with Gasteiger partial charge in [0.05, 0.1) is 12.6 Å². The van der Waals surface area contributed by atoms with Crippen LogP contribution < -0.4 is 4.74 Å². The van der Waals surface area contributed by atoms with Crippen LogP contribution in [-0.2, 0) is 17.3 Å². The maximum Gasteiger partial charge on any atom is 0.320 e. The minimum atomic E-state index is -0.469. The van der Waals surface area contributed by atoms with Crippen LogP contribution in [0.5, 0.6) is 5.75 Å². The van der Waals surface area contributed by atoms with Gasteiger partial charge in [-0.15, -0.1) is 0 Å². The van der Waals surface area contributed by atoms with Gasteiger partial charge in [-0.05, 0) is 86.7 Å². The number of carbonyl (C=O) groups is 1. The highest BCUT2D eigenvalue weighted by atomic mass is 35.5. The maximum absolute atomic E-state index is 14.7. The van der Waals surface area contributed by atoms with Gasteiger partial charge < -0.3 is 19.4 Å². The first-order valence-corrected chi connectivity index (χ1v) is 16.5. The molecule has 3 aromatic rings. The van der Waals surface area contributed by atoms with E-state index >= 15 is 0 Å². The molecule has 4 rings (SSSR count). The van der Waals surface area contributed by atoms with Gasteiger partial charge in [0, 0.05) is 53.2 Å². The molecule has 0 aliphatic carbocycles. The summed E-state index contributed by atoms with van der Waals surface area (Å²) in [5.74, 6) is 0.832. The van der Waals surface area contributed by atoms with E-state index in [0.29, 0.717) is 36.2 Å². The zero-order valence-corrected chi connectivity index (χ0v) is 29.2. The van der Waals surface area contributed by atoms with Crippen LogP contribution >= 0.6 is 23.2 Å². The van der Waals surface area contributed by atoms with E-state index in [1.54, 1.807) is 0 Å². The van der Waals surface area contributed by atoms with Crippen LogP contribution in [0.1, 0.15) is 76.8 Å². The predicted octanol–water partition coefficient (Wildman–Crippen LogP) is 9.01. The molecule has 0 saturated carbocycles. The van der Waals surface area contributed by atoms with Gasteiger partial charge in [0.1, 0.15) is 5.75 Å². The third-order valence-electron chi connectivity index (χ3n) is 9.34. The summed E-state index contributed by atoms with van der Waals surface area (Å²) < 4.78 is 6.27. The molecular formula is C37H49Cl2N3O2. The third kappa shape index (κ3) is 7.73. The molecule has 1 heterocycles. The molecular weight excluding hydrogens is 589 g/mol. The molecule has 1 aliphatic rings. The Bertz CT molecular complexity index is 1410. The summed E-state index contributed by atoms with van der Waals surface area (Å²) in [4.78, 5) is 21.1. The Balaban J connectivity index is 1.86. The van der Waals surface area contributed by atoms with Crippen molar-refractivity contribution in [3.05, 3.63) is 99.0 Å². The molecule has 1 fully saturated rings. The largest absolute Gasteiger partial charge is 0.494 e. The van der Waals surface area contributed by atoms with Crippen LogP contribution in [0.4, 0.5) is 4.79 Å². The third-order valence-corrected chi connectivity index (χ3v) is 9.83. The Kier molecular flexibility index (Phi) is 11.0. The number of urea groups is 1. The smallest absolute Gasteiger partial charge is 0.320 e. The molecule has 0 radical (unpaired) electrons. The Morgan fingerprint density at radius 3 is 2.11 bits per heavy atom. The van der Waals surface area contributed by atoms with E-state index in [0.717, 1.165) is 35.5 Å². The molecule has 1 aliphatic heterocycles. The Morgan fingerprint density at radius 1 is 0.886 bits per heavy atom. The fourth-order valence-corrected chi connectivity index (χ4v) is 6.64. The van der Waals surface area contributed by atoms with Crippen LogP contribution in [-0.4, -0.2) is 66.6 Å². The summed E-state index contributed by atoms with van der Waals surface area (Å²) in [7, 11) is 2.11. The summed E-state index contributed by atoms with van der Waals surface area (Å²) in [6.45, 7) is 18.9. The van der Waals surface area contributed by atoms with E-state index in [9.17, 15) is 4.79 Å². The van der Waals surface area contributed by atoms with Gasteiger partial charge in [-0.2, -0.15) is 0 Å². The number of hydrogen-bond acceptors (Lipinski definition) is 3. The Labute approximate surface area is 275 Å². The maximum atomic E-state index is 14.7. The van der Waals surface area contributed by atoms with Gasteiger partial charge in [-0.3, -0.25) is 0 Å². The van der Waals surface area contributed by atoms with Crippen LogP contribution in [0, 0.1) is 0 Å². The monoisotopic (exact) mass is 637 g/mol. The number of likely N-dealkylation sites (N-methyl/N-ethyl adjacent to an activating group) is 1. The summed E-state index contributed by atoms with van der Waals surface area (Å²) in [5, 5.41) is 1.39. The number of carbonyl (C=O) groups excluding carboxylic acids is 1. The second-order valence-electron chi connectivity index (χ2n) is 13.5. The molecule has 3 atom stereocenters. The van der Waals surface area contributed by atoms with Gasteiger partial charge in [0.25, 0.3) is 0 Å². The second kappa shape index (κ2) is 14.1. The number of rotatable bonds is 9. The fraction of sp³-hybridized carbons (Fsp3) is 0.486. The number of benzene rings is 3. The Morgan fingerprint density at radius 2 is 1.52 bits per heavy atom. The lowest BCUT2D eigenvalue weighted by molar-refractivity contribution is 0.0728. The Hall–Kier alpha value is -2.73. The minimum Gasteiger partial charge on any atom is -0.494 e. The first kappa shape index (κ1) is 34.1. The number of halogens is 2. The number of nitrogens with zero attached hydrogens (tertiary/aromatic N) is 3. The van der Waals surface area contributed by atoms with Crippen LogP contribution in [0.15, 0.2) is 66.7 Å². The molecule has 1 saturated heterocycles. The number of piperazine rings is 1. The SMILES string of the molecule is CCOc1cc(C(C)(C)C)ccc1C(C)N(C(=O)N1CCN(C)CC1)C(C)[C@](C)(Cc1cccc(Cl)c1)c1ccc(Cl)cc1. The van der Waals surface area contributed by atoms with E-state index in [-0.39, 0.29) is 23.5 Å². The van der Waals surface area contributed by atoms with Crippen molar-refractivity contribution in [1.29, 1.82) is 0 Å². The van der Waals surface area contributed by atoms with Crippen LogP contribution in [0.25, 0.3) is 0 Å². The van der Waals surface area contributed by atoms with E-state index in [4.69, 9.17) is 27.9 Å². The van der Waals surface area contributed by atoms with Crippen molar-refractivity contribution in [3.63, 3.8) is 0 Å². The van der Waals surface area contributed by atoms with Gasteiger partial charge in [-0.25, -0.2) is 4.79 Å². The van der Waals surface area contributed by atoms with Gasteiger partial charge in [-0.1, -0.05) is 87.3 Å². The van der Waals surface area contributed by atoms with Crippen molar-refractivity contribution in [2.45, 2.75) is 77.8 Å². The molecule has 0 bridgehead atoms. The van der Waals surface area contributed by atoms with E-state index in [1.165, 1.54) is 5.56 Å². The second-order valence-corrected chi connectivity index (χ2v) is 14.4. The summed E-state index contributed by atoms with van der Waals surface area (Å²) in [6.07, 6.45) is 0.691. The molecule has 44 heavy (non-hydrogen) atoms. The predicted molar refractivity (Wildman–Crippen MR) is 184 cm³/mol.